The third-order valence-electron chi connectivity index (χ3n) is 5.40. The zero-order valence-corrected chi connectivity index (χ0v) is 19.1. The second-order valence-corrected chi connectivity index (χ2v) is 8.92. The number of benzene rings is 3. The summed E-state index contributed by atoms with van der Waals surface area (Å²) in [5.74, 6) is -1.09. The number of para-hydroxylation sites is 1. The van der Waals surface area contributed by atoms with E-state index in [1.165, 1.54) is 28.8 Å². The van der Waals surface area contributed by atoms with Crippen LogP contribution in [-0.4, -0.2) is 23.6 Å². The number of nitriles is 1. The van der Waals surface area contributed by atoms with Gasteiger partial charge in [-0.25, -0.2) is 4.39 Å². The molecule has 0 aromatic heterocycles. The van der Waals surface area contributed by atoms with Gasteiger partial charge in [0.15, 0.2) is 0 Å². The average molecular weight is 472 g/mol. The lowest BCUT2D eigenvalue weighted by Crippen LogP contribution is -2.32. The summed E-state index contributed by atoms with van der Waals surface area (Å²) in [5.41, 5.74) is 2.36. The van der Waals surface area contributed by atoms with E-state index < -0.39 is 11.2 Å². The van der Waals surface area contributed by atoms with Crippen LogP contribution in [0.2, 0.25) is 0 Å². The topological polar surface area (TPSA) is 73.2 Å². The molecule has 1 unspecified atom stereocenters. The molecule has 3 aromatic rings. The Morgan fingerprint density at radius 1 is 0.971 bits per heavy atom. The fourth-order valence-electron chi connectivity index (χ4n) is 3.69. The molecule has 1 atom stereocenters. The van der Waals surface area contributed by atoms with Crippen molar-refractivity contribution in [1.82, 2.24) is 5.32 Å². The molecule has 4 rings (SSSR count). The second-order valence-electron chi connectivity index (χ2n) is 7.73. The predicted molar refractivity (Wildman–Crippen MR) is 131 cm³/mol. The highest BCUT2D eigenvalue weighted by atomic mass is 32.2. The molecule has 2 amide bonds. The average Bonchev–Trinajstić information content (AvgIpc) is 3.17. The molecule has 1 N–H and O–H groups in total. The van der Waals surface area contributed by atoms with Gasteiger partial charge in [0.25, 0.3) is 5.91 Å². The van der Waals surface area contributed by atoms with Gasteiger partial charge in [0, 0.05) is 12.2 Å². The van der Waals surface area contributed by atoms with E-state index in [0.717, 1.165) is 11.1 Å². The number of hydrogen-bond donors (Lipinski definition) is 1. The summed E-state index contributed by atoms with van der Waals surface area (Å²) in [5, 5.41) is 12.4. The van der Waals surface area contributed by atoms with Crippen LogP contribution in [0.4, 0.5) is 10.1 Å². The van der Waals surface area contributed by atoms with Crippen molar-refractivity contribution in [1.29, 1.82) is 5.26 Å². The summed E-state index contributed by atoms with van der Waals surface area (Å²) < 4.78 is 13.3. The molecular formula is C27H22FN3O2S. The number of anilines is 1. The summed E-state index contributed by atoms with van der Waals surface area (Å²) in [6.45, 7) is 0.365. The van der Waals surface area contributed by atoms with Gasteiger partial charge in [-0.3, -0.25) is 14.5 Å². The third kappa shape index (κ3) is 5.36. The summed E-state index contributed by atoms with van der Waals surface area (Å²) in [4.78, 5) is 27.8. The normalized spacial score (nSPS) is 16.8. The Labute approximate surface area is 201 Å². The predicted octanol–water partition coefficient (Wildman–Crippen LogP) is 4.61. The molecule has 0 radical (unpaired) electrons. The maximum Gasteiger partial charge on any atom is 0.264 e. The van der Waals surface area contributed by atoms with Crippen LogP contribution in [0, 0.1) is 17.1 Å². The van der Waals surface area contributed by atoms with Crippen molar-refractivity contribution < 1.29 is 14.0 Å². The van der Waals surface area contributed by atoms with Crippen LogP contribution in [0.1, 0.15) is 11.1 Å². The van der Waals surface area contributed by atoms with Gasteiger partial charge in [-0.1, -0.05) is 72.4 Å². The summed E-state index contributed by atoms with van der Waals surface area (Å²) >= 11 is 1.19. The summed E-state index contributed by atoms with van der Waals surface area (Å²) in [6.07, 6.45) is 0.979. The van der Waals surface area contributed by atoms with Crippen LogP contribution in [0.5, 0.6) is 0 Å². The Balaban J connectivity index is 1.59. The standard InChI is InChI=1S/C27H22FN3O2S/c28-21-13-11-20(12-14-21)17-24-26(33)31(22-9-5-2-6-10-22)27(34-24)23(18-29)25(32)30-16-15-19-7-3-1-4-8-19/h1-14,24H,15-17H2,(H,30,32)/b27-23-. The molecule has 1 aliphatic heterocycles. The van der Waals surface area contributed by atoms with Crippen molar-refractivity contribution >= 4 is 29.3 Å². The van der Waals surface area contributed by atoms with Crippen molar-refractivity contribution in [2.45, 2.75) is 18.1 Å². The van der Waals surface area contributed by atoms with Crippen LogP contribution in [0.25, 0.3) is 0 Å². The van der Waals surface area contributed by atoms with E-state index >= 15 is 0 Å². The molecule has 1 heterocycles. The number of carbonyl (C=O) groups is 2. The van der Waals surface area contributed by atoms with Gasteiger partial charge in [0.2, 0.25) is 5.91 Å². The minimum atomic E-state index is -0.541. The quantitative estimate of drug-likeness (QED) is 0.403. The first-order valence-corrected chi connectivity index (χ1v) is 11.7. The number of nitrogens with zero attached hydrogens (tertiary/aromatic N) is 2. The number of hydrogen-bond acceptors (Lipinski definition) is 4. The monoisotopic (exact) mass is 471 g/mol. The third-order valence-corrected chi connectivity index (χ3v) is 6.66. The van der Waals surface area contributed by atoms with Crippen LogP contribution >= 0.6 is 11.8 Å². The van der Waals surface area contributed by atoms with E-state index in [0.29, 0.717) is 30.1 Å². The molecule has 7 heteroatoms. The van der Waals surface area contributed by atoms with E-state index in [-0.39, 0.29) is 17.3 Å². The van der Waals surface area contributed by atoms with Crippen LogP contribution in [-0.2, 0) is 22.4 Å². The number of rotatable bonds is 7. The van der Waals surface area contributed by atoms with Crippen molar-refractivity contribution in [2.75, 3.05) is 11.4 Å². The Bertz CT molecular complexity index is 1240. The number of halogens is 1. The molecule has 0 saturated carbocycles. The molecular weight excluding hydrogens is 449 g/mol. The molecule has 1 fully saturated rings. The van der Waals surface area contributed by atoms with Gasteiger partial charge in [-0.05, 0) is 48.2 Å². The Hall–Kier alpha value is -3.89. The fraction of sp³-hybridized carbons (Fsp3) is 0.148. The second kappa shape index (κ2) is 10.8. The van der Waals surface area contributed by atoms with Crippen molar-refractivity contribution in [2.24, 2.45) is 0 Å². The largest absolute Gasteiger partial charge is 0.351 e. The van der Waals surface area contributed by atoms with E-state index in [4.69, 9.17) is 0 Å². The minimum Gasteiger partial charge on any atom is -0.351 e. The van der Waals surface area contributed by atoms with Gasteiger partial charge >= 0.3 is 0 Å². The van der Waals surface area contributed by atoms with Gasteiger partial charge in [-0.15, -0.1) is 0 Å². The lowest BCUT2D eigenvalue weighted by atomic mass is 10.1. The Morgan fingerprint density at radius 2 is 1.62 bits per heavy atom. The first-order valence-electron chi connectivity index (χ1n) is 10.8. The van der Waals surface area contributed by atoms with E-state index in [1.807, 2.05) is 42.5 Å². The van der Waals surface area contributed by atoms with Crippen LogP contribution in [0.15, 0.2) is 95.5 Å². The molecule has 34 heavy (non-hydrogen) atoms. The molecule has 0 aliphatic carbocycles. The van der Waals surface area contributed by atoms with E-state index in [9.17, 15) is 19.2 Å². The summed E-state index contributed by atoms with van der Waals surface area (Å²) in [6, 6.07) is 26.7. The zero-order chi connectivity index (χ0) is 23.9. The SMILES string of the molecule is N#C/C(C(=O)NCCc1ccccc1)=C1/SC(Cc2ccc(F)cc2)C(=O)N1c1ccccc1. The van der Waals surface area contributed by atoms with Gasteiger partial charge in [-0.2, -0.15) is 5.26 Å². The van der Waals surface area contributed by atoms with Crippen LogP contribution in [0.3, 0.4) is 0 Å². The van der Waals surface area contributed by atoms with E-state index in [1.54, 1.807) is 36.4 Å². The first kappa shape index (κ1) is 23.3. The van der Waals surface area contributed by atoms with Gasteiger partial charge in [0.05, 0.1) is 5.25 Å². The van der Waals surface area contributed by atoms with Crippen molar-refractivity contribution in [3.8, 4) is 6.07 Å². The highest BCUT2D eigenvalue weighted by molar-refractivity contribution is 8.05. The summed E-state index contributed by atoms with van der Waals surface area (Å²) in [7, 11) is 0. The number of nitrogens with one attached hydrogen (secondary N) is 1. The minimum absolute atomic E-state index is 0.100. The highest BCUT2D eigenvalue weighted by Gasteiger charge is 2.40. The molecule has 0 bridgehead atoms. The maximum absolute atomic E-state index is 13.4. The molecule has 170 valence electrons. The van der Waals surface area contributed by atoms with E-state index in [2.05, 4.69) is 5.32 Å². The fourth-order valence-corrected chi connectivity index (χ4v) is 5.00. The van der Waals surface area contributed by atoms with Gasteiger partial charge in [0.1, 0.15) is 22.5 Å². The highest BCUT2D eigenvalue weighted by Crippen LogP contribution is 2.41. The molecule has 1 saturated heterocycles. The maximum atomic E-state index is 13.4. The zero-order valence-electron chi connectivity index (χ0n) is 18.3. The Morgan fingerprint density at radius 3 is 2.26 bits per heavy atom. The molecule has 0 spiro atoms. The number of carbonyl (C=O) groups excluding carboxylic acids is 2. The van der Waals surface area contributed by atoms with Crippen molar-refractivity contribution in [3.05, 3.63) is 112 Å². The number of thioether (sulfide) groups is 1. The van der Waals surface area contributed by atoms with Gasteiger partial charge < -0.3 is 5.32 Å². The number of amides is 2. The van der Waals surface area contributed by atoms with Crippen molar-refractivity contribution in [3.63, 3.8) is 0 Å². The lowest BCUT2D eigenvalue weighted by molar-refractivity contribution is -0.117. The van der Waals surface area contributed by atoms with Crippen LogP contribution < -0.4 is 10.2 Å². The molecule has 1 aliphatic rings. The molecule has 3 aromatic carbocycles. The smallest absolute Gasteiger partial charge is 0.264 e. The Kier molecular flexibility index (Phi) is 7.41. The lowest BCUT2D eigenvalue weighted by Gasteiger charge is -2.18. The molecule has 5 nitrogen and oxygen atoms in total. The first-order chi connectivity index (χ1) is 16.6.